The second-order valence-corrected chi connectivity index (χ2v) is 6.07. The molecule has 2 N–H and O–H groups in total. The van der Waals surface area contributed by atoms with Crippen LogP contribution in [0.3, 0.4) is 0 Å². The second kappa shape index (κ2) is 6.98. The SMILES string of the molecule is N=NCC[C@@H](CN=N)n1cccc1C(=O)C(Cl)(Cl)Cl. The summed E-state index contributed by atoms with van der Waals surface area (Å²) in [5, 5.41) is 6.59. The van der Waals surface area contributed by atoms with Crippen LogP contribution in [-0.2, 0) is 0 Å². The molecule has 0 aliphatic carbocycles. The van der Waals surface area contributed by atoms with E-state index in [9.17, 15) is 4.79 Å². The fourth-order valence-corrected chi connectivity index (χ4v) is 1.98. The van der Waals surface area contributed by atoms with E-state index < -0.39 is 9.58 Å². The summed E-state index contributed by atoms with van der Waals surface area (Å²) in [4.78, 5) is 12.0. The standard InChI is InChI=1S/C10H12Cl3N5O/c11-10(12,13)9(19)8-2-1-5-18(8)7(6-17-15)3-4-16-14/h1-2,5,7,14-15H,3-4,6H2/t7-/m0/s1. The number of rotatable bonds is 7. The Morgan fingerprint density at radius 1 is 1.37 bits per heavy atom. The van der Waals surface area contributed by atoms with E-state index >= 15 is 0 Å². The average molecular weight is 325 g/mol. The van der Waals surface area contributed by atoms with Crippen molar-refractivity contribution in [3.8, 4) is 0 Å². The van der Waals surface area contributed by atoms with Gasteiger partial charge in [0.05, 0.1) is 24.8 Å². The zero-order valence-electron chi connectivity index (χ0n) is 9.81. The lowest BCUT2D eigenvalue weighted by molar-refractivity contribution is 0.0985. The van der Waals surface area contributed by atoms with Gasteiger partial charge >= 0.3 is 0 Å². The molecular formula is C10H12Cl3N5O. The molecule has 1 aromatic rings. The summed E-state index contributed by atoms with van der Waals surface area (Å²) in [6.07, 6.45) is 2.13. The van der Waals surface area contributed by atoms with E-state index in [1.165, 1.54) is 0 Å². The van der Waals surface area contributed by atoms with Gasteiger partial charge in [-0.05, 0) is 18.6 Å². The molecular weight excluding hydrogens is 313 g/mol. The van der Waals surface area contributed by atoms with Crippen LogP contribution in [0.15, 0.2) is 28.6 Å². The van der Waals surface area contributed by atoms with Crippen molar-refractivity contribution >= 4 is 40.6 Å². The molecule has 1 heterocycles. The van der Waals surface area contributed by atoms with Gasteiger partial charge in [0.25, 0.3) is 3.79 Å². The number of aromatic nitrogens is 1. The highest BCUT2D eigenvalue weighted by molar-refractivity contribution is 6.77. The summed E-state index contributed by atoms with van der Waals surface area (Å²) >= 11 is 16.8. The van der Waals surface area contributed by atoms with Gasteiger partial charge in [-0.1, -0.05) is 34.8 Å². The minimum atomic E-state index is -2.03. The summed E-state index contributed by atoms with van der Waals surface area (Å²) in [7, 11) is 0. The number of ketones is 1. The van der Waals surface area contributed by atoms with E-state index in [0.29, 0.717) is 6.42 Å². The first-order valence-electron chi connectivity index (χ1n) is 5.36. The predicted molar refractivity (Wildman–Crippen MR) is 72.7 cm³/mol. The van der Waals surface area contributed by atoms with Gasteiger partial charge in [-0.15, -0.1) is 0 Å². The Balaban J connectivity index is 3.04. The van der Waals surface area contributed by atoms with E-state index in [2.05, 4.69) is 10.2 Å². The fourth-order valence-electron chi connectivity index (χ4n) is 1.69. The molecule has 0 saturated heterocycles. The Morgan fingerprint density at radius 2 is 2.05 bits per heavy atom. The van der Waals surface area contributed by atoms with Gasteiger partial charge in [0.2, 0.25) is 5.78 Å². The first-order chi connectivity index (χ1) is 8.91. The van der Waals surface area contributed by atoms with Crippen LogP contribution in [0, 0.1) is 11.1 Å². The minimum Gasteiger partial charge on any atom is -0.340 e. The molecule has 1 atom stereocenters. The van der Waals surface area contributed by atoms with Crippen LogP contribution in [0.2, 0.25) is 0 Å². The summed E-state index contributed by atoms with van der Waals surface area (Å²) in [5.41, 5.74) is 14.0. The monoisotopic (exact) mass is 323 g/mol. The molecule has 0 aliphatic heterocycles. The summed E-state index contributed by atoms with van der Waals surface area (Å²) in [5.74, 6) is -0.639. The Labute approximate surface area is 125 Å². The summed E-state index contributed by atoms with van der Waals surface area (Å²) < 4.78 is -0.425. The van der Waals surface area contributed by atoms with Crippen LogP contribution in [-0.4, -0.2) is 27.2 Å². The minimum absolute atomic E-state index is 0.171. The number of carbonyl (C=O) groups excluding carboxylic acids is 1. The Bertz CT molecular complexity index is 468. The van der Waals surface area contributed by atoms with Gasteiger partial charge in [-0.2, -0.15) is 10.2 Å². The lowest BCUT2D eigenvalue weighted by Crippen LogP contribution is -2.25. The first kappa shape index (κ1) is 16.1. The van der Waals surface area contributed by atoms with Crippen molar-refractivity contribution < 1.29 is 4.79 Å². The van der Waals surface area contributed by atoms with E-state index in [1.807, 2.05) is 0 Å². The molecule has 19 heavy (non-hydrogen) atoms. The highest BCUT2D eigenvalue weighted by atomic mass is 35.6. The van der Waals surface area contributed by atoms with E-state index in [1.54, 1.807) is 22.9 Å². The smallest absolute Gasteiger partial charge is 0.255 e. The van der Waals surface area contributed by atoms with Crippen LogP contribution < -0.4 is 0 Å². The molecule has 0 aliphatic rings. The van der Waals surface area contributed by atoms with Crippen LogP contribution >= 0.6 is 34.8 Å². The molecule has 0 saturated carbocycles. The van der Waals surface area contributed by atoms with Crippen LogP contribution in [0.25, 0.3) is 0 Å². The Hall–Kier alpha value is -0.980. The largest absolute Gasteiger partial charge is 0.340 e. The lowest BCUT2D eigenvalue weighted by atomic mass is 10.2. The molecule has 1 aromatic heterocycles. The molecule has 0 aromatic carbocycles. The number of hydrogen-bond donors (Lipinski definition) is 2. The first-order valence-corrected chi connectivity index (χ1v) is 6.50. The van der Waals surface area contributed by atoms with Crippen molar-refractivity contribution in [2.75, 3.05) is 13.1 Å². The van der Waals surface area contributed by atoms with Gasteiger partial charge in [-0.3, -0.25) is 4.79 Å². The maximum Gasteiger partial charge on any atom is 0.255 e. The fraction of sp³-hybridized carbons (Fsp3) is 0.500. The quantitative estimate of drug-likeness (QED) is 0.442. The third-order valence-electron chi connectivity index (χ3n) is 2.54. The van der Waals surface area contributed by atoms with Crippen molar-refractivity contribution in [1.82, 2.24) is 4.57 Å². The van der Waals surface area contributed by atoms with E-state index in [0.717, 1.165) is 0 Å². The van der Waals surface area contributed by atoms with Gasteiger partial charge in [0, 0.05) is 6.20 Å². The second-order valence-electron chi connectivity index (χ2n) is 3.79. The number of carbonyl (C=O) groups is 1. The van der Waals surface area contributed by atoms with E-state index in [4.69, 9.17) is 45.9 Å². The van der Waals surface area contributed by atoms with Gasteiger partial charge in [0.1, 0.15) is 0 Å². The molecule has 9 heteroatoms. The zero-order valence-corrected chi connectivity index (χ0v) is 12.1. The number of nitrogens with one attached hydrogen (secondary N) is 2. The molecule has 0 bridgehead atoms. The Morgan fingerprint density at radius 3 is 2.58 bits per heavy atom. The number of hydrogen-bond acceptors (Lipinski definition) is 5. The van der Waals surface area contributed by atoms with Crippen LogP contribution in [0.5, 0.6) is 0 Å². The maximum absolute atomic E-state index is 12.0. The molecule has 104 valence electrons. The molecule has 0 spiro atoms. The van der Waals surface area contributed by atoms with Crippen LogP contribution in [0.4, 0.5) is 0 Å². The number of alkyl halides is 3. The number of halogens is 3. The van der Waals surface area contributed by atoms with Gasteiger partial charge in [0.15, 0.2) is 0 Å². The number of Topliss-reactive ketones (excluding diaryl/α,β-unsaturated/α-hetero) is 1. The van der Waals surface area contributed by atoms with Gasteiger partial charge < -0.3 is 4.57 Å². The molecule has 0 fully saturated rings. The third kappa shape index (κ3) is 4.26. The van der Waals surface area contributed by atoms with Crippen molar-refractivity contribution in [3.63, 3.8) is 0 Å². The number of nitrogens with zero attached hydrogens (tertiary/aromatic N) is 3. The summed E-state index contributed by atoms with van der Waals surface area (Å²) in [6.45, 7) is 0.449. The summed E-state index contributed by atoms with van der Waals surface area (Å²) in [6, 6.07) is 2.92. The lowest BCUT2D eigenvalue weighted by Gasteiger charge is -2.19. The highest BCUT2D eigenvalue weighted by Crippen LogP contribution is 2.31. The maximum atomic E-state index is 12.0. The predicted octanol–water partition coefficient (Wildman–Crippen LogP) is 4.03. The zero-order chi connectivity index (χ0) is 14.5. The van der Waals surface area contributed by atoms with Crippen molar-refractivity contribution in [1.29, 1.82) is 11.1 Å². The van der Waals surface area contributed by atoms with Crippen molar-refractivity contribution in [3.05, 3.63) is 24.0 Å². The molecule has 1 rings (SSSR count). The third-order valence-corrected chi connectivity index (χ3v) is 3.05. The highest BCUT2D eigenvalue weighted by Gasteiger charge is 2.34. The Kier molecular flexibility index (Phi) is 5.90. The molecule has 0 unspecified atom stereocenters. The normalized spacial score (nSPS) is 13.0. The topological polar surface area (TPSA) is 94.4 Å². The van der Waals surface area contributed by atoms with Crippen molar-refractivity contribution in [2.45, 2.75) is 16.3 Å². The molecule has 0 amide bonds. The average Bonchev–Trinajstić information content (AvgIpc) is 2.81. The van der Waals surface area contributed by atoms with Crippen LogP contribution in [0.1, 0.15) is 23.0 Å². The molecule has 0 radical (unpaired) electrons. The van der Waals surface area contributed by atoms with Gasteiger partial charge in [-0.25, -0.2) is 11.1 Å². The van der Waals surface area contributed by atoms with E-state index in [-0.39, 0.29) is 24.8 Å². The van der Waals surface area contributed by atoms with Crippen molar-refractivity contribution in [2.24, 2.45) is 10.2 Å². The molecule has 6 nitrogen and oxygen atoms in total.